The zero-order chi connectivity index (χ0) is 36.4. The number of halogens is 8. The summed E-state index contributed by atoms with van der Waals surface area (Å²) in [4.78, 5) is 27.2. The van der Waals surface area contributed by atoms with Crippen molar-refractivity contribution >= 4 is 34.9 Å². The maximum absolute atomic E-state index is 13.2. The number of hydrogen-bond donors (Lipinski definition) is 4. The number of amides is 1. The molecular weight excluding hydrogens is 684 g/mol. The van der Waals surface area contributed by atoms with Crippen molar-refractivity contribution in [3.05, 3.63) is 65.1 Å². The fourth-order valence-electron chi connectivity index (χ4n) is 4.77. The molecule has 12 nitrogen and oxygen atoms in total. The number of hydrogen-bond acceptors (Lipinski definition) is 10. The van der Waals surface area contributed by atoms with Crippen LogP contribution < -0.4 is 26.3 Å². The highest BCUT2D eigenvalue weighted by atomic mass is 19.4. The summed E-state index contributed by atoms with van der Waals surface area (Å²) in [6.45, 7) is 2.34. The Kier molecular flexibility index (Phi) is 10.0. The largest absolute Gasteiger partial charge is 0.421 e. The normalized spacial score (nSPS) is 16.4. The molecule has 1 saturated heterocycles. The number of aryl methyl sites for hydroxylation is 1. The molecular formula is C30H30F8N10O2. The Hall–Kier alpha value is -5.30. The molecule has 1 aromatic carbocycles. The van der Waals surface area contributed by atoms with Crippen molar-refractivity contribution in [2.75, 3.05) is 33.9 Å². The minimum absolute atomic E-state index is 0.0101. The van der Waals surface area contributed by atoms with Crippen LogP contribution in [0.1, 0.15) is 49.8 Å². The standard InChI is InChI=1S/C17H14F5N5O.C11H10F3N5O.C2H6/c18-16(19)7-27(8-16)14-11(17(20,21)22)6-23-15(26-14)24-10-2-3-12-9(5-10)1-4-13(28)25-12;12-11(13,14)7-5-16-10(19-8(15)3-4-20-19)18-9(7)17-6-1-2-6;1-2/h2-3,5-6H,1,4,7-8H2,(H,25,28)(H,23,24,26);3-6,15H,1-2H2,(H,16,17,18);1-2H3. The molecule has 20 heteroatoms. The predicted octanol–water partition coefficient (Wildman–Crippen LogP) is 6.54. The number of nitrogens with one attached hydrogen (secondary N) is 4. The fraction of sp³-hybridized carbons (Fsp3) is 0.400. The van der Waals surface area contributed by atoms with Crippen molar-refractivity contribution in [1.82, 2.24) is 24.7 Å². The maximum atomic E-state index is 13.2. The van der Waals surface area contributed by atoms with Gasteiger partial charge in [-0.05, 0) is 43.0 Å². The zero-order valence-electron chi connectivity index (χ0n) is 26.4. The van der Waals surface area contributed by atoms with Gasteiger partial charge in [0, 0.05) is 42.3 Å². The Morgan fingerprint density at radius 2 is 1.64 bits per heavy atom. The van der Waals surface area contributed by atoms with Gasteiger partial charge in [0.15, 0.2) is 5.49 Å². The first kappa shape index (κ1) is 36.0. The Morgan fingerprint density at radius 1 is 0.960 bits per heavy atom. The first-order valence-electron chi connectivity index (χ1n) is 15.3. The SMILES string of the molecule is CC.N=c1ccon1-c1ncc(C(F)(F)F)c(NC2CC2)n1.O=C1CCc2cc(Nc3ncc(C(F)(F)F)c(N4CC(F)(F)C4)n3)ccc2N1. The molecule has 0 radical (unpaired) electrons. The van der Waals surface area contributed by atoms with Gasteiger partial charge in [0.1, 0.15) is 29.0 Å². The number of carbonyl (C=O) groups excluding carboxylic acids is 1. The van der Waals surface area contributed by atoms with Crippen LogP contribution in [0.5, 0.6) is 0 Å². The molecule has 2 aliphatic heterocycles. The molecule has 3 aliphatic rings. The topological polar surface area (TPSA) is 150 Å². The number of nitrogens with zero attached hydrogens (tertiary/aromatic N) is 6. The minimum Gasteiger partial charge on any atom is -0.378 e. The van der Waals surface area contributed by atoms with E-state index < -0.39 is 48.3 Å². The second kappa shape index (κ2) is 13.9. The summed E-state index contributed by atoms with van der Waals surface area (Å²) in [7, 11) is 0. The zero-order valence-corrected chi connectivity index (χ0v) is 26.4. The first-order valence-corrected chi connectivity index (χ1v) is 15.3. The lowest BCUT2D eigenvalue weighted by Crippen LogP contribution is -2.57. The summed E-state index contributed by atoms with van der Waals surface area (Å²) in [5.41, 5.74) is -0.108. The monoisotopic (exact) mass is 714 g/mol. The van der Waals surface area contributed by atoms with E-state index >= 15 is 0 Å². The van der Waals surface area contributed by atoms with Crippen LogP contribution in [0.2, 0.25) is 0 Å². The molecule has 0 atom stereocenters. The molecule has 4 aromatic rings. The second-order valence-corrected chi connectivity index (χ2v) is 11.1. The molecule has 7 rings (SSSR count). The van der Waals surface area contributed by atoms with Gasteiger partial charge in [0.05, 0.1) is 13.1 Å². The smallest absolute Gasteiger partial charge is 0.378 e. The summed E-state index contributed by atoms with van der Waals surface area (Å²) >= 11 is 0. The van der Waals surface area contributed by atoms with Gasteiger partial charge in [0.25, 0.3) is 11.9 Å². The van der Waals surface area contributed by atoms with Crippen LogP contribution >= 0.6 is 0 Å². The highest BCUT2D eigenvalue weighted by molar-refractivity contribution is 5.94. The van der Waals surface area contributed by atoms with Gasteiger partial charge < -0.3 is 25.4 Å². The van der Waals surface area contributed by atoms with E-state index in [1.54, 1.807) is 18.2 Å². The molecule has 0 spiro atoms. The van der Waals surface area contributed by atoms with Crippen LogP contribution in [0.4, 0.5) is 64.1 Å². The summed E-state index contributed by atoms with van der Waals surface area (Å²) in [6.07, 6.45) is -4.29. The summed E-state index contributed by atoms with van der Waals surface area (Å²) in [5.74, 6) is -4.25. The van der Waals surface area contributed by atoms with Crippen molar-refractivity contribution < 1.29 is 44.4 Å². The number of carbonyl (C=O) groups is 1. The molecule has 0 unspecified atom stereocenters. The van der Waals surface area contributed by atoms with Gasteiger partial charge in [0.2, 0.25) is 11.9 Å². The highest BCUT2D eigenvalue weighted by Crippen LogP contribution is 2.40. The number of fused-ring (bicyclic) bond motifs is 1. The van der Waals surface area contributed by atoms with Gasteiger partial charge in [-0.3, -0.25) is 10.2 Å². The van der Waals surface area contributed by atoms with Crippen LogP contribution in [-0.4, -0.2) is 55.6 Å². The third kappa shape index (κ3) is 8.46. The molecule has 268 valence electrons. The van der Waals surface area contributed by atoms with Crippen molar-refractivity contribution in [2.45, 2.75) is 63.8 Å². The Balaban J connectivity index is 0.000000195. The van der Waals surface area contributed by atoms with Crippen LogP contribution in [0.25, 0.3) is 5.95 Å². The fourth-order valence-corrected chi connectivity index (χ4v) is 4.77. The van der Waals surface area contributed by atoms with E-state index in [1.807, 2.05) is 13.8 Å². The van der Waals surface area contributed by atoms with E-state index in [0.717, 1.165) is 28.0 Å². The molecule has 2 fully saturated rings. The first-order chi connectivity index (χ1) is 23.6. The van der Waals surface area contributed by atoms with Crippen molar-refractivity contribution in [3.8, 4) is 5.95 Å². The van der Waals surface area contributed by atoms with Crippen molar-refractivity contribution in [1.29, 1.82) is 5.41 Å². The molecule has 1 aliphatic carbocycles. The summed E-state index contributed by atoms with van der Waals surface area (Å²) < 4.78 is 110. The van der Waals surface area contributed by atoms with Gasteiger partial charge in [-0.15, -0.1) is 4.74 Å². The van der Waals surface area contributed by atoms with Gasteiger partial charge in [-0.1, -0.05) is 13.8 Å². The number of alkyl halides is 8. The van der Waals surface area contributed by atoms with E-state index in [9.17, 15) is 39.9 Å². The van der Waals surface area contributed by atoms with Gasteiger partial charge >= 0.3 is 12.4 Å². The molecule has 3 aromatic heterocycles. The van der Waals surface area contributed by atoms with Crippen molar-refractivity contribution in [2.24, 2.45) is 0 Å². The predicted molar refractivity (Wildman–Crippen MR) is 163 cm³/mol. The molecule has 0 bridgehead atoms. The average Bonchev–Trinajstić information content (AvgIpc) is 3.75. The molecule has 1 saturated carbocycles. The minimum atomic E-state index is -4.76. The van der Waals surface area contributed by atoms with Gasteiger partial charge in [-0.25, -0.2) is 18.7 Å². The summed E-state index contributed by atoms with van der Waals surface area (Å²) in [5, 5.41) is 15.8. The quantitative estimate of drug-likeness (QED) is 0.163. The second-order valence-electron chi connectivity index (χ2n) is 11.1. The lowest BCUT2D eigenvalue weighted by atomic mass is 10.0. The number of aromatic nitrogens is 5. The molecule has 1 amide bonds. The molecule has 5 heterocycles. The lowest BCUT2D eigenvalue weighted by Gasteiger charge is -2.40. The lowest BCUT2D eigenvalue weighted by molar-refractivity contribution is -0.138. The maximum Gasteiger partial charge on any atom is 0.421 e. The Labute approximate surface area is 278 Å². The van der Waals surface area contributed by atoms with E-state index in [4.69, 9.17) is 9.93 Å². The summed E-state index contributed by atoms with van der Waals surface area (Å²) in [6, 6.07) is 6.36. The van der Waals surface area contributed by atoms with Crippen LogP contribution in [0, 0.1) is 5.41 Å². The van der Waals surface area contributed by atoms with Crippen LogP contribution in [0.3, 0.4) is 0 Å². The average molecular weight is 715 g/mol. The van der Waals surface area contributed by atoms with Gasteiger partial charge in [-0.2, -0.15) is 36.3 Å². The molecule has 50 heavy (non-hydrogen) atoms. The Morgan fingerprint density at radius 3 is 2.24 bits per heavy atom. The van der Waals surface area contributed by atoms with E-state index in [2.05, 4.69) is 35.9 Å². The Bertz CT molecular complexity index is 1900. The highest BCUT2D eigenvalue weighted by Gasteiger charge is 2.48. The van der Waals surface area contributed by atoms with Crippen LogP contribution in [0.15, 0.2) is 47.4 Å². The van der Waals surface area contributed by atoms with Crippen LogP contribution in [-0.2, 0) is 23.6 Å². The van der Waals surface area contributed by atoms with E-state index in [0.29, 0.717) is 36.6 Å². The number of anilines is 5. The van der Waals surface area contributed by atoms with E-state index in [-0.39, 0.29) is 35.2 Å². The third-order valence-corrected chi connectivity index (χ3v) is 7.27. The number of benzene rings is 1. The third-order valence-electron chi connectivity index (χ3n) is 7.27. The van der Waals surface area contributed by atoms with E-state index in [1.165, 1.54) is 12.3 Å². The van der Waals surface area contributed by atoms with Crippen molar-refractivity contribution in [3.63, 3.8) is 0 Å². The molecule has 4 N–H and O–H groups in total. The number of rotatable bonds is 6.